The number of fused-ring (bicyclic) bond motifs is 3. The van der Waals surface area contributed by atoms with Gasteiger partial charge in [0.1, 0.15) is 11.2 Å². The summed E-state index contributed by atoms with van der Waals surface area (Å²) in [5.41, 5.74) is 16.9. The van der Waals surface area contributed by atoms with Crippen LogP contribution in [0.2, 0.25) is 0 Å². The molecule has 0 atom stereocenters. The standard InChI is InChI=1S/C54H37NO/c1-4-14-38(15-5-1)39-24-30-45(31-25-39)55(52-22-12-10-20-48(52)42-18-8-3-9-19-42)46-32-26-40(27-33-46)43-28-34-47(41-16-6-2-7-17-41)50(36-43)44-29-35-54-51(37-44)49-21-11-13-23-53(49)56-54/h1-37H. The lowest BCUT2D eigenvalue weighted by atomic mass is 9.90. The van der Waals surface area contributed by atoms with Gasteiger partial charge in [0, 0.05) is 27.7 Å². The molecule has 0 unspecified atom stereocenters. The highest BCUT2D eigenvalue weighted by Gasteiger charge is 2.18. The predicted molar refractivity (Wildman–Crippen MR) is 236 cm³/mol. The third-order valence-corrected chi connectivity index (χ3v) is 10.7. The summed E-state index contributed by atoms with van der Waals surface area (Å²) in [5.74, 6) is 0. The number of anilines is 3. The van der Waals surface area contributed by atoms with Crippen molar-refractivity contribution in [3.63, 3.8) is 0 Å². The quantitative estimate of drug-likeness (QED) is 0.156. The molecule has 0 radical (unpaired) electrons. The number of hydrogen-bond donors (Lipinski definition) is 0. The maximum atomic E-state index is 6.20. The highest BCUT2D eigenvalue weighted by Crippen LogP contribution is 2.43. The largest absolute Gasteiger partial charge is 0.456 e. The molecule has 0 aliphatic carbocycles. The van der Waals surface area contributed by atoms with E-state index in [9.17, 15) is 0 Å². The topological polar surface area (TPSA) is 16.4 Å². The number of para-hydroxylation sites is 2. The van der Waals surface area contributed by atoms with E-state index in [1.54, 1.807) is 0 Å². The summed E-state index contributed by atoms with van der Waals surface area (Å²) in [5, 5.41) is 2.25. The van der Waals surface area contributed by atoms with E-state index in [0.717, 1.165) is 55.7 Å². The van der Waals surface area contributed by atoms with E-state index in [-0.39, 0.29) is 0 Å². The van der Waals surface area contributed by atoms with Crippen LogP contribution < -0.4 is 4.90 Å². The minimum atomic E-state index is 0.899. The lowest BCUT2D eigenvalue weighted by molar-refractivity contribution is 0.669. The van der Waals surface area contributed by atoms with Crippen LogP contribution in [0, 0.1) is 0 Å². The molecule has 0 aliphatic rings. The first-order valence-electron chi connectivity index (χ1n) is 19.1. The van der Waals surface area contributed by atoms with Gasteiger partial charge in [-0.1, -0.05) is 170 Å². The summed E-state index contributed by atoms with van der Waals surface area (Å²) in [4.78, 5) is 2.37. The molecular weight excluding hydrogens is 679 g/mol. The summed E-state index contributed by atoms with van der Waals surface area (Å²) in [6.07, 6.45) is 0. The Morgan fingerprint density at radius 3 is 1.43 bits per heavy atom. The van der Waals surface area contributed by atoms with Crippen molar-refractivity contribution in [2.75, 3.05) is 4.90 Å². The molecule has 0 saturated heterocycles. The van der Waals surface area contributed by atoms with Crippen molar-refractivity contribution in [2.45, 2.75) is 0 Å². The second kappa shape index (κ2) is 14.4. The average Bonchev–Trinajstić information content (AvgIpc) is 3.66. The number of nitrogens with zero attached hydrogens (tertiary/aromatic N) is 1. The Morgan fingerprint density at radius 1 is 0.268 bits per heavy atom. The maximum absolute atomic E-state index is 6.20. The Hall–Kier alpha value is -7.42. The van der Waals surface area contributed by atoms with E-state index >= 15 is 0 Å². The molecule has 2 nitrogen and oxygen atoms in total. The summed E-state index contributed by atoms with van der Waals surface area (Å²) in [6, 6.07) is 80.1. The lowest BCUT2D eigenvalue weighted by Crippen LogP contribution is -2.11. The van der Waals surface area contributed by atoms with Gasteiger partial charge in [-0.15, -0.1) is 0 Å². The van der Waals surface area contributed by atoms with Gasteiger partial charge in [-0.3, -0.25) is 0 Å². The summed E-state index contributed by atoms with van der Waals surface area (Å²) in [7, 11) is 0. The molecule has 0 saturated carbocycles. The first-order valence-corrected chi connectivity index (χ1v) is 19.1. The monoisotopic (exact) mass is 715 g/mol. The molecule has 0 spiro atoms. The Labute approximate surface area is 327 Å². The van der Waals surface area contributed by atoms with Crippen LogP contribution >= 0.6 is 0 Å². The van der Waals surface area contributed by atoms with E-state index in [1.807, 2.05) is 12.1 Å². The SMILES string of the molecule is c1ccc(-c2ccc(N(c3ccc(-c4ccc(-c5ccccc5)c(-c5ccc6oc7ccccc7c6c5)c4)cc3)c3ccccc3-c3ccccc3)cc2)cc1. The molecule has 0 bridgehead atoms. The fourth-order valence-corrected chi connectivity index (χ4v) is 7.92. The van der Waals surface area contributed by atoms with Gasteiger partial charge in [0.05, 0.1) is 5.69 Å². The fraction of sp³-hybridized carbons (Fsp3) is 0. The number of furan rings is 1. The second-order valence-corrected chi connectivity index (χ2v) is 14.1. The zero-order valence-electron chi connectivity index (χ0n) is 30.7. The van der Waals surface area contributed by atoms with Crippen molar-refractivity contribution < 1.29 is 4.42 Å². The molecule has 0 fully saturated rings. The van der Waals surface area contributed by atoms with Crippen molar-refractivity contribution in [1.29, 1.82) is 0 Å². The second-order valence-electron chi connectivity index (χ2n) is 14.1. The Kier molecular flexibility index (Phi) is 8.55. The molecule has 0 amide bonds. The highest BCUT2D eigenvalue weighted by molar-refractivity contribution is 6.07. The van der Waals surface area contributed by atoms with Crippen molar-refractivity contribution in [1.82, 2.24) is 0 Å². The fourth-order valence-electron chi connectivity index (χ4n) is 7.92. The van der Waals surface area contributed by atoms with Gasteiger partial charge in [0.25, 0.3) is 0 Å². The Balaban J connectivity index is 1.08. The average molecular weight is 716 g/mol. The zero-order valence-corrected chi connectivity index (χ0v) is 30.7. The molecule has 56 heavy (non-hydrogen) atoms. The first kappa shape index (κ1) is 33.2. The van der Waals surface area contributed by atoms with Crippen LogP contribution in [0.4, 0.5) is 17.1 Å². The van der Waals surface area contributed by atoms with Crippen LogP contribution in [0.5, 0.6) is 0 Å². The zero-order chi connectivity index (χ0) is 37.3. The highest BCUT2D eigenvalue weighted by atomic mass is 16.3. The molecule has 2 heteroatoms. The third-order valence-electron chi connectivity index (χ3n) is 10.7. The van der Waals surface area contributed by atoms with E-state index in [0.29, 0.717) is 0 Å². The minimum Gasteiger partial charge on any atom is -0.456 e. The number of rotatable bonds is 8. The molecule has 0 N–H and O–H groups in total. The molecule has 1 aromatic heterocycles. The van der Waals surface area contributed by atoms with E-state index < -0.39 is 0 Å². The van der Waals surface area contributed by atoms with Crippen molar-refractivity contribution in [3.8, 4) is 55.6 Å². The van der Waals surface area contributed by atoms with Crippen molar-refractivity contribution in [2.24, 2.45) is 0 Å². The Morgan fingerprint density at radius 2 is 0.750 bits per heavy atom. The molecular formula is C54H37NO. The van der Waals surface area contributed by atoms with Crippen LogP contribution in [0.15, 0.2) is 229 Å². The van der Waals surface area contributed by atoms with Crippen molar-refractivity contribution >= 4 is 39.0 Å². The van der Waals surface area contributed by atoms with Crippen LogP contribution in [0.25, 0.3) is 77.6 Å². The smallest absolute Gasteiger partial charge is 0.135 e. The normalized spacial score (nSPS) is 11.2. The van der Waals surface area contributed by atoms with Gasteiger partial charge in [0.2, 0.25) is 0 Å². The minimum absolute atomic E-state index is 0.899. The molecule has 10 rings (SSSR count). The number of hydrogen-bond acceptors (Lipinski definition) is 2. The molecule has 9 aromatic carbocycles. The van der Waals surface area contributed by atoms with Gasteiger partial charge >= 0.3 is 0 Å². The Bertz CT molecular complexity index is 2930. The van der Waals surface area contributed by atoms with Crippen LogP contribution in [0.3, 0.4) is 0 Å². The van der Waals surface area contributed by atoms with E-state index in [1.165, 1.54) is 38.9 Å². The molecule has 264 valence electrons. The van der Waals surface area contributed by atoms with Gasteiger partial charge in [-0.25, -0.2) is 0 Å². The van der Waals surface area contributed by atoms with Gasteiger partial charge in [0.15, 0.2) is 0 Å². The first-order chi connectivity index (χ1) is 27.8. The molecule has 1 heterocycles. The van der Waals surface area contributed by atoms with Gasteiger partial charge in [-0.05, 0) is 105 Å². The van der Waals surface area contributed by atoms with Gasteiger partial charge in [-0.2, -0.15) is 0 Å². The van der Waals surface area contributed by atoms with Crippen molar-refractivity contribution in [3.05, 3.63) is 224 Å². The summed E-state index contributed by atoms with van der Waals surface area (Å²) < 4.78 is 6.20. The van der Waals surface area contributed by atoms with Crippen LogP contribution in [-0.4, -0.2) is 0 Å². The van der Waals surface area contributed by atoms with Gasteiger partial charge < -0.3 is 9.32 Å². The molecule has 0 aliphatic heterocycles. The number of benzene rings is 9. The third kappa shape index (κ3) is 6.24. The predicted octanol–water partition coefficient (Wildman–Crippen LogP) is 15.4. The van der Waals surface area contributed by atoms with E-state index in [4.69, 9.17) is 4.42 Å². The molecule has 10 aromatic rings. The van der Waals surface area contributed by atoms with Crippen LogP contribution in [-0.2, 0) is 0 Å². The van der Waals surface area contributed by atoms with Crippen LogP contribution in [0.1, 0.15) is 0 Å². The lowest BCUT2D eigenvalue weighted by Gasteiger charge is -2.28. The van der Waals surface area contributed by atoms with E-state index in [2.05, 4.69) is 217 Å². The summed E-state index contributed by atoms with van der Waals surface area (Å²) >= 11 is 0. The maximum Gasteiger partial charge on any atom is 0.135 e. The summed E-state index contributed by atoms with van der Waals surface area (Å²) in [6.45, 7) is 0.